The van der Waals surface area contributed by atoms with Gasteiger partial charge in [-0.3, -0.25) is 0 Å². The highest BCUT2D eigenvalue weighted by Gasteiger charge is 2.23. The fraction of sp³-hybridized carbons (Fsp3) is 1.00. The molecule has 14 heavy (non-hydrogen) atoms. The standard InChI is InChI=1S/C9H20N2O2S/c1-3-10-9-6-4-5-7-11(8-9)14(2,12)13/h9-10H,3-8H2,1-2H3. The average molecular weight is 220 g/mol. The lowest BCUT2D eigenvalue weighted by Gasteiger charge is -2.22. The Balaban J connectivity index is 2.60. The molecule has 84 valence electrons. The number of hydrogen-bond donors (Lipinski definition) is 1. The normalized spacial score (nSPS) is 26.0. The summed E-state index contributed by atoms with van der Waals surface area (Å²) in [6.07, 6.45) is 4.47. The van der Waals surface area contributed by atoms with Gasteiger partial charge in [0.15, 0.2) is 0 Å². The number of rotatable bonds is 3. The van der Waals surface area contributed by atoms with Crippen LogP contribution in [0, 0.1) is 0 Å². The first-order chi connectivity index (χ1) is 6.54. The smallest absolute Gasteiger partial charge is 0.211 e. The molecule has 0 radical (unpaired) electrons. The van der Waals surface area contributed by atoms with E-state index in [1.165, 1.54) is 6.26 Å². The van der Waals surface area contributed by atoms with E-state index in [1.807, 2.05) is 0 Å². The number of nitrogens with zero attached hydrogens (tertiary/aromatic N) is 1. The summed E-state index contributed by atoms with van der Waals surface area (Å²) in [5.74, 6) is 0. The topological polar surface area (TPSA) is 49.4 Å². The molecule has 1 aliphatic heterocycles. The van der Waals surface area contributed by atoms with Crippen LogP contribution in [0.25, 0.3) is 0 Å². The summed E-state index contributed by atoms with van der Waals surface area (Å²) in [6, 6.07) is 0.331. The Morgan fingerprint density at radius 3 is 2.71 bits per heavy atom. The van der Waals surface area contributed by atoms with Gasteiger partial charge in [0.1, 0.15) is 0 Å². The molecule has 1 heterocycles. The van der Waals surface area contributed by atoms with Crippen molar-refractivity contribution in [2.24, 2.45) is 0 Å². The summed E-state index contributed by atoms with van der Waals surface area (Å²) in [6.45, 7) is 4.27. The second-order valence-electron chi connectivity index (χ2n) is 3.87. The first-order valence-corrected chi connectivity index (χ1v) is 7.07. The van der Waals surface area contributed by atoms with E-state index in [4.69, 9.17) is 0 Å². The minimum atomic E-state index is -3.01. The molecule has 1 aliphatic rings. The van der Waals surface area contributed by atoms with E-state index in [0.717, 1.165) is 25.8 Å². The minimum absolute atomic E-state index is 0.331. The molecule has 1 N–H and O–H groups in total. The van der Waals surface area contributed by atoms with Gasteiger partial charge in [-0.25, -0.2) is 12.7 Å². The van der Waals surface area contributed by atoms with Crippen molar-refractivity contribution in [3.8, 4) is 0 Å². The average Bonchev–Trinajstić information content (AvgIpc) is 2.29. The van der Waals surface area contributed by atoms with Crippen LogP contribution in [0.2, 0.25) is 0 Å². The van der Waals surface area contributed by atoms with E-state index in [0.29, 0.717) is 19.1 Å². The molecule has 1 unspecified atom stereocenters. The maximum Gasteiger partial charge on any atom is 0.211 e. The molecule has 0 aromatic rings. The highest BCUT2D eigenvalue weighted by Crippen LogP contribution is 2.13. The van der Waals surface area contributed by atoms with Crippen LogP contribution in [-0.4, -0.2) is 44.7 Å². The van der Waals surface area contributed by atoms with Gasteiger partial charge in [0, 0.05) is 19.1 Å². The summed E-state index contributed by atoms with van der Waals surface area (Å²) in [5, 5.41) is 3.32. The van der Waals surface area contributed by atoms with Crippen molar-refractivity contribution >= 4 is 10.0 Å². The molecule has 1 atom stereocenters. The third kappa shape index (κ3) is 3.55. The summed E-state index contributed by atoms with van der Waals surface area (Å²) in [7, 11) is -3.01. The van der Waals surface area contributed by atoms with Crippen molar-refractivity contribution in [2.75, 3.05) is 25.9 Å². The van der Waals surface area contributed by atoms with Gasteiger partial charge in [-0.15, -0.1) is 0 Å². The first-order valence-electron chi connectivity index (χ1n) is 5.22. The molecule has 5 heteroatoms. The third-order valence-electron chi connectivity index (χ3n) is 2.60. The van der Waals surface area contributed by atoms with Gasteiger partial charge in [-0.2, -0.15) is 0 Å². The van der Waals surface area contributed by atoms with E-state index in [-0.39, 0.29) is 0 Å². The highest BCUT2D eigenvalue weighted by atomic mass is 32.2. The lowest BCUT2D eigenvalue weighted by atomic mass is 10.1. The van der Waals surface area contributed by atoms with Crippen molar-refractivity contribution in [3.63, 3.8) is 0 Å². The van der Waals surface area contributed by atoms with Crippen LogP contribution in [0.3, 0.4) is 0 Å². The molecule has 0 amide bonds. The predicted molar refractivity (Wildman–Crippen MR) is 57.7 cm³/mol. The molecule has 1 fully saturated rings. The van der Waals surface area contributed by atoms with E-state index < -0.39 is 10.0 Å². The van der Waals surface area contributed by atoms with Gasteiger partial charge in [-0.05, 0) is 19.4 Å². The zero-order valence-corrected chi connectivity index (χ0v) is 9.81. The number of likely N-dealkylation sites (N-methyl/N-ethyl adjacent to an activating group) is 1. The van der Waals surface area contributed by atoms with Crippen LogP contribution < -0.4 is 5.32 Å². The fourth-order valence-corrected chi connectivity index (χ4v) is 2.78. The molecule has 0 aliphatic carbocycles. The van der Waals surface area contributed by atoms with Crippen LogP contribution in [0.5, 0.6) is 0 Å². The van der Waals surface area contributed by atoms with E-state index in [1.54, 1.807) is 4.31 Å². The molecule has 0 spiro atoms. The Morgan fingerprint density at radius 1 is 1.43 bits per heavy atom. The van der Waals surface area contributed by atoms with Crippen LogP contribution in [0.15, 0.2) is 0 Å². The van der Waals surface area contributed by atoms with Crippen molar-refractivity contribution in [1.29, 1.82) is 0 Å². The van der Waals surface area contributed by atoms with Crippen LogP contribution in [0.4, 0.5) is 0 Å². The molecule has 1 rings (SSSR count). The molecule has 0 saturated carbocycles. The second-order valence-corrected chi connectivity index (χ2v) is 5.85. The SMILES string of the molecule is CCNC1CCCCN(S(C)(=O)=O)C1. The maximum absolute atomic E-state index is 11.4. The Bertz CT molecular complexity index is 264. The summed E-state index contributed by atoms with van der Waals surface area (Å²) >= 11 is 0. The fourth-order valence-electron chi connectivity index (χ4n) is 1.86. The van der Waals surface area contributed by atoms with E-state index in [2.05, 4.69) is 12.2 Å². The Morgan fingerprint density at radius 2 is 2.14 bits per heavy atom. The maximum atomic E-state index is 11.4. The highest BCUT2D eigenvalue weighted by molar-refractivity contribution is 7.88. The Labute approximate surface area is 86.7 Å². The lowest BCUT2D eigenvalue weighted by Crippen LogP contribution is -2.41. The third-order valence-corrected chi connectivity index (χ3v) is 3.87. The van der Waals surface area contributed by atoms with Gasteiger partial charge in [0.05, 0.1) is 6.26 Å². The first kappa shape index (κ1) is 11.9. The molecule has 0 bridgehead atoms. The molecule has 0 aromatic heterocycles. The Kier molecular flexibility index (Phi) is 4.34. The summed E-state index contributed by atoms with van der Waals surface area (Å²) in [4.78, 5) is 0. The minimum Gasteiger partial charge on any atom is -0.313 e. The molecule has 1 saturated heterocycles. The van der Waals surface area contributed by atoms with E-state index >= 15 is 0 Å². The molecule has 0 aromatic carbocycles. The van der Waals surface area contributed by atoms with Gasteiger partial charge in [0.25, 0.3) is 0 Å². The van der Waals surface area contributed by atoms with E-state index in [9.17, 15) is 8.42 Å². The molecular weight excluding hydrogens is 200 g/mol. The van der Waals surface area contributed by atoms with Gasteiger partial charge < -0.3 is 5.32 Å². The monoisotopic (exact) mass is 220 g/mol. The van der Waals surface area contributed by atoms with Gasteiger partial charge in [0.2, 0.25) is 10.0 Å². The number of nitrogens with one attached hydrogen (secondary N) is 1. The zero-order valence-electron chi connectivity index (χ0n) is 8.99. The van der Waals surface area contributed by atoms with Gasteiger partial charge in [-0.1, -0.05) is 13.3 Å². The quantitative estimate of drug-likeness (QED) is 0.749. The lowest BCUT2D eigenvalue weighted by molar-refractivity contribution is 0.380. The second kappa shape index (κ2) is 5.09. The van der Waals surface area contributed by atoms with Crippen molar-refractivity contribution in [1.82, 2.24) is 9.62 Å². The van der Waals surface area contributed by atoms with Crippen LogP contribution in [-0.2, 0) is 10.0 Å². The predicted octanol–water partition coefficient (Wildman–Crippen LogP) is 0.410. The van der Waals surface area contributed by atoms with Gasteiger partial charge >= 0.3 is 0 Å². The summed E-state index contributed by atoms with van der Waals surface area (Å²) < 4.78 is 24.4. The molecule has 4 nitrogen and oxygen atoms in total. The van der Waals surface area contributed by atoms with Crippen LogP contribution in [0.1, 0.15) is 26.2 Å². The number of sulfonamides is 1. The zero-order chi connectivity index (χ0) is 10.6. The van der Waals surface area contributed by atoms with Crippen molar-refractivity contribution in [2.45, 2.75) is 32.2 Å². The number of hydrogen-bond acceptors (Lipinski definition) is 3. The largest absolute Gasteiger partial charge is 0.313 e. The summed E-state index contributed by atoms with van der Waals surface area (Å²) in [5.41, 5.74) is 0. The Hall–Kier alpha value is -0.130. The molecular formula is C9H20N2O2S. The van der Waals surface area contributed by atoms with Crippen LogP contribution >= 0.6 is 0 Å². The van der Waals surface area contributed by atoms with Crippen molar-refractivity contribution in [3.05, 3.63) is 0 Å². The van der Waals surface area contributed by atoms with Crippen molar-refractivity contribution < 1.29 is 8.42 Å².